The van der Waals surface area contributed by atoms with E-state index < -0.39 is 5.54 Å². The van der Waals surface area contributed by atoms with Crippen LogP contribution in [0.4, 0.5) is 0 Å². The molecule has 8 heteroatoms. The standard InChI is InChI=1S/C30H32ClN3O4/c1-18(2)38-27-10-9-19(20-11-21(28(36)32-4)13-23(31)12-20)14-25(27)29(37)34-30(3,17-35)15-22-16-33-26-8-6-5-7-24(22)26/h5-14,16,18,33,35H,15,17H2,1-4H3,(H,32,36)(H,34,37). The number of carbonyl (C=O) groups excluding carboxylic acids is 2. The summed E-state index contributed by atoms with van der Waals surface area (Å²) < 4.78 is 5.95. The fraction of sp³-hybridized carbons (Fsp3) is 0.267. The van der Waals surface area contributed by atoms with Gasteiger partial charge in [0.15, 0.2) is 0 Å². The van der Waals surface area contributed by atoms with Crippen molar-refractivity contribution < 1.29 is 19.4 Å². The molecule has 198 valence electrons. The lowest BCUT2D eigenvalue weighted by Gasteiger charge is -2.29. The number of para-hydroxylation sites is 1. The zero-order valence-corrected chi connectivity index (χ0v) is 22.6. The molecule has 4 rings (SSSR count). The molecule has 0 saturated carbocycles. The normalized spacial score (nSPS) is 12.8. The van der Waals surface area contributed by atoms with Crippen LogP contribution in [-0.2, 0) is 6.42 Å². The minimum atomic E-state index is -0.935. The van der Waals surface area contributed by atoms with E-state index in [0.717, 1.165) is 16.5 Å². The molecule has 0 radical (unpaired) electrons. The molecule has 0 saturated heterocycles. The summed E-state index contributed by atoms with van der Waals surface area (Å²) in [6.07, 6.45) is 2.17. The van der Waals surface area contributed by atoms with E-state index in [9.17, 15) is 14.7 Å². The average molecular weight is 534 g/mol. The number of benzene rings is 3. The molecule has 38 heavy (non-hydrogen) atoms. The van der Waals surface area contributed by atoms with E-state index in [2.05, 4.69) is 15.6 Å². The predicted molar refractivity (Wildman–Crippen MR) is 151 cm³/mol. The quantitative estimate of drug-likeness (QED) is 0.232. The molecule has 0 spiro atoms. The molecule has 0 aliphatic heterocycles. The number of fused-ring (bicyclic) bond motifs is 1. The van der Waals surface area contributed by atoms with Gasteiger partial charge in [0.25, 0.3) is 11.8 Å². The lowest BCUT2D eigenvalue weighted by Crippen LogP contribution is -2.50. The summed E-state index contributed by atoms with van der Waals surface area (Å²) in [7, 11) is 1.55. The summed E-state index contributed by atoms with van der Waals surface area (Å²) in [5.74, 6) is -0.225. The van der Waals surface area contributed by atoms with Gasteiger partial charge in [-0.2, -0.15) is 0 Å². The van der Waals surface area contributed by atoms with Crippen LogP contribution < -0.4 is 15.4 Å². The van der Waals surface area contributed by atoms with Crippen LogP contribution in [-0.4, -0.2) is 47.2 Å². The second kappa shape index (κ2) is 11.3. The van der Waals surface area contributed by atoms with E-state index in [-0.39, 0.29) is 24.5 Å². The van der Waals surface area contributed by atoms with E-state index >= 15 is 0 Å². The van der Waals surface area contributed by atoms with Gasteiger partial charge in [-0.05, 0) is 80.3 Å². The number of aliphatic hydroxyl groups excluding tert-OH is 1. The lowest BCUT2D eigenvalue weighted by atomic mass is 9.92. The molecule has 0 aliphatic rings. The van der Waals surface area contributed by atoms with E-state index in [4.69, 9.17) is 16.3 Å². The maximum absolute atomic E-state index is 13.7. The van der Waals surface area contributed by atoms with Crippen molar-refractivity contribution in [3.63, 3.8) is 0 Å². The molecule has 3 aromatic carbocycles. The number of amides is 2. The molecular formula is C30H32ClN3O4. The first-order valence-corrected chi connectivity index (χ1v) is 12.8. The zero-order valence-electron chi connectivity index (χ0n) is 21.9. The Labute approximate surface area is 227 Å². The number of hydrogen-bond donors (Lipinski definition) is 4. The molecule has 1 aromatic heterocycles. The Morgan fingerprint density at radius 1 is 1.05 bits per heavy atom. The lowest BCUT2D eigenvalue weighted by molar-refractivity contribution is 0.0846. The molecule has 0 aliphatic carbocycles. The van der Waals surface area contributed by atoms with Crippen LogP contribution in [0.2, 0.25) is 5.02 Å². The number of H-pyrrole nitrogens is 1. The monoisotopic (exact) mass is 533 g/mol. The molecular weight excluding hydrogens is 502 g/mol. The summed E-state index contributed by atoms with van der Waals surface area (Å²) in [6.45, 7) is 5.32. The van der Waals surface area contributed by atoms with Gasteiger partial charge in [0.1, 0.15) is 5.75 Å². The van der Waals surface area contributed by atoms with Gasteiger partial charge in [-0.3, -0.25) is 9.59 Å². The minimum Gasteiger partial charge on any atom is -0.490 e. The molecule has 7 nitrogen and oxygen atoms in total. The van der Waals surface area contributed by atoms with Gasteiger partial charge in [0.2, 0.25) is 0 Å². The third kappa shape index (κ3) is 6.01. The highest BCUT2D eigenvalue weighted by atomic mass is 35.5. The molecule has 0 fully saturated rings. The largest absolute Gasteiger partial charge is 0.490 e. The van der Waals surface area contributed by atoms with Gasteiger partial charge in [0, 0.05) is 34.7 Å². The van der Waals surface area contributed by atoms with Crippen LogP contribution in [0, 0.1) is 0 Å². The second-order valence-corrected chi connectivity index (χ2v) is 10.3. The maximum Gasteiger partial charge on any atom is 0.255 e. The van der Waals surface area contributed by atoms with Crippen LogP contribution >= 0.6 is 11.6 Å². The second-order valence-electron chi connectivity index (χ2n) is 9.89. The number of hydrogen-bond acceptors (Lipinski definition) is 4. The first kappa shape index (κ1) is 27.2. The zero-order chi connectivity index (χ0) is 27.4. The number of carbonyl (C=O) groups is 2. The molecule has 2 amide bonds. The number of aromatic nitrogens is 1. The van der Waals surface area contributed by atoms with Crippen molar-refractivity contribution in [2.45, 2.75) is 38.8 Å². The Bertz CT molecular complexity index is 1480. The van der Waals surface area contributed by atoms with E-state index in [1.165, 1.54) is 0 Å². The van der Waals surface area contributed by atoms with Crippen molar-refractivity contribution >= 4 is 34.3 Å². The number of nitrogens with one attached hydrogen (secondary N) is 3. The highest BCUT2D eigenvalue weighted by molar-refractivity contribution is 6.31. The van der Waals surface area contributed by atoms with Gasteiger partial charge in [-0.25, -0.2) is 0 Å². The van der Waals surface area contributed by atoms with Crippen molar-refractivity contribution in [2.24, 2.45) is 0 Å². The Morgan fingerprint density at radius 3 is 2.53 bits per heavy atom. The van der Waals surface area contributed by atoms with E-state index in [1.807, 2.05) is 57.3 Å². The average Bonchev–Trinajstić information content (AvgIpc) is 3.30. The van der Waals surface area contributed by atoms with Gasteiger partial charge in [-0.15, -0.1) is 0 Å². The fourth-order valence-corrected chi connectivity index (χ4v) is 4.69. The van der Waals surface area contributed by atoms with Crippen molar-refractivity contribution in [3.8, 4) is 16.9 Å². The molecule has 1 atom stereocenters. The SMILES string of the molecule is CNC(=O)c1cc(Cl)cc(-c2ccc(OC(C)C)c(C(=O)NC(C)(CO)Cc3c[nH]c4ccccc34)c2)c1. The number of rotatable bonds is 9. The van der Waals surface area contributed by atoms with Crippen LogP contribution in [0.3, 0.4) is 0 Å². The number of aromatic amines is 1. The number of ether oxygens (including phenoxy) is 1. The van der Waals surface area contributed by atoms with Crippen molar-refractivity contribution in [1.29, 1.82) is 0 Å². The first-order valence-electron chi connectivity index (χ1n) is 12.4. The maximum atomic E-state index is 13.7. The highest BCUT2D eigenvalue weighted by Crippen LogP contribution is 2.31. The first-order chi connectivity index (χ1) is 18.1. The van der Waals surface area contributed by atoms with E-state index in [0.29, 0.717) is 39.4 Å². The molecule has 4 aromatic rings. The van der Waals surface area contributed by atoms with Crippen LogP contribution in [0.25, 0.3) is 22.0 Å². The summed E-state index contributed by atoms with van der Waals surface area (Å²) >= 11 is 6.30. The topological polar surface area (TPSA) is 103 Å². The Hall–Kier alpha value is -3.81. The summed E-state index contributed by atoms with van der Waals surface area (Å²) in [4.78, 5) is 29.2. The van der Waals surface area contributed by atoms with E-state index in [1.54, 1.807) is 37.4 Å². The Morgan fingerprint density at radius 2 is 1.82 bits per heavy atom. The van der Waals surface area contributed by atoms with Gasteiger partial charge in [-0.1, -0.05) is 35.9 Å². The van der Waals surface area contributed by atoms with Crippen LogP contribution in [0.15, 0.2) is 66.9 Å². The Kier molecular flexibility index (Phi) is 8.09. The van der Waals surface area contributed by atoms with Crippen LogP contribution in [0.5, 0.6) is 5.75 Å². The van der Waals surface area contributed by atoms with Crippen molar-refractivity contribution in [1.82, 2.24) is 15.6 Å². The number of aliphatic hydroxyl groups is 1. The third-order valence-electron chi connectivity index (χ3n) is 6.33. The van der Waals surface area contributed by atoms with Crippen molar-refractivity contribution in [3.05, 3.63) is 88.6 Å². The van der Waals surface area contributed by atoms with Crippen LogP contribution in [0.1, 0.15) is 47.1 Å². The molecule has 1 heterocycles. The van der Waals surface area contributed by atoms with Gasteiger partial charge in [0.05, 0.1) is 23.8 Å². The highest BCUT2D eigenvalue weighted by Gasteiger charge is 2.29. The molecule has 1 unspecified atom stereocenters. The van der Waals surface area contributed by atoms with Gasteiger partial charge >= 0.3 is 0 Å². The predicted octanol–water partition coefficient (Wildman–Crippen LogP) is 5.36. The smallest absolute Gasteiger partial charge is 0.255 e. The summed E-state index contributed by atoms with van der Waals surface area (Å²) in [5.41, 5.74) is 3.16. The van der Waals surface area contributed by atoms with Crippen molar-refractivity contribution in [2.75, 3.05) is 13.7 Å². The third-order valence-corrected chi connectivity index (χ3v) is 6.55. The Balaban J connectivity index is 1.69. The molecule has 0 bridgehead atoms. The summed E-state index contributed by atoms with van der Waals surface area (Å²) in [6, 6.07) is 18.2. The van der Waals surface area contributed by atoms with Gasteiger partial charge < -0.3 is 25.5 Å². The molecule has 4 N–H and O–H groups in total. The number of halogens is 1. The fourth-order valence-electron chi connectivity index (χ4n) is 4.45. The minimum absolute atomic E-state index is 0.158. The summed E-state index contributed by atoms with van der Waals surface area (Å²) in [5, 5.41) is 17.4.